The Balaban J connectivity index is 1.67. The first-order valence-corrected chi connectivity index (χ1v) is 8.67. The van der Waals surface area contributed by atoms with Gasteiger partial charge in [0.15, 0.2) is 0 Å². The van der Waals surface area contributed by atoms with E-state index >= 15 is 0 Å². The molecule has 0 bridgehead atoms. The Hall–Kier alpha value is -1.66. The number of likely N-dealkylation sites (tertiary alicyclic amines) is 1. The molecule has 6 heteroatoms. The van der Waals surface area contributed by atoms with E-state index in [-0.39, 0.29) is 11.8 Å². The molecule has 2 unspecified atom stereocenters. The molecule has 124 valence electrons. The molecule has 23 heavy (non-hydrogen) atoms. The number of hydrogen-bond acceptors (Lipinski definition) is 5. The van der Waals surface area contributed by atoms with E-state index in [0.29, 0.717) is 0 Å². The van der Waals surface area contributed by atoms with Crippen molar-refractivity contribution >= 4 is 16.9 Å². The lowest BCUT2D eigenvalue weighted by Crippen LogP contribution is -2.63. The summed E-state index contributed by atoms with van der Waals surface area (Å²) < 4.78 is 0. The maximum Gasteiger partial charge on any atom is 0.142 e. The number of nitrogens with one attached hydrogen (secondary N) is 1. The van der Waals surface area contributed by atoms with Gasteiger partial charge in [-0.1, -0.05) is 6.42 Å². The predicted molar refractivity (Wildman–Crippen MR) is 90.3 cm³/mol. The molecule has 2 aromatic heterocycles. The molecular formula is C17H25N5O. The van der Waals surface area contributed by atoms with Crippen LogP contribution in [0.5, 0.6) is 0 Å². The highest BCUT2D eigenvalue weighted by Gasteiger charge is 2.44. The molecule has 0 amide bonds. The lowest BCUT2D eigenvalue weighted by atomic mass is 9.79. The second-order valence-electron chi connectivity index (χ2n) is 6.97. The highest BCUT2D eigenvalue weighted by Crippen LogP contribution is 2.39. The topological polar surface area (TPSA) is 68.3 Å². The zero-order chi connectivity index (χ0) is 15.9. The highest BCUT2D eigenvalue weighted by molar-refractivity contribution is 5.87. The van der Waals surface area contributed by atoms with E-state index in [1.165, 1.54) is 12.8 Å². The van der Waals surface area contributed by atoms with Crippen LogP contribution in [-0.4, -0.2) is 56.4 Å². The SMILES string of the molecule is CC(O)N1CCCCC12CCCN(c1ncnc3[nH]ccc13)C2. The molecule has 0 saturated carbocycles. The van der Waals surface area contributed by atoms with Gasteiger partial charge in [-0.25, -0.2) is 9.97 Å². The van der Waals surface area contributed by atoms with Crippen molar-refractivity contribution in [2.75, 3.05) is 24.5 Å². The van der Waals surface area contributed by atoms with Gasteiger partial charge < -0.3 is 15.0 Å². The van der Waals surface area contributed by atoms with E-state index in [1.54, 1.807) is 6.33 Å². The Morgan fingerprint density at radius 3 is 2.96 bits per heavy atom. The quantitative estimate of drug-likeness (QED) is 0.888. The number of hydrogen-bond donors (Lipinski definition) is 2. The molecule has 0 aliphatic carbocycles. The summed E-state index contributed by atoms with van der Waals surface area (Å²) in [4.78, 5) is 16.7. The minimum Gasteiger partial charge on any atom is -0.379 e. The summed E-state index contributed by atoms with van der Waals surface area (Å²) in [5.41, 5.74) is 0.976. The van der Waals surface area contributed by atoms with Crippen molar-refractivity contribution in [3.8, 4) is 0 Å². The Labute approximate surface area is 136 Å². The van der Waals surface area contributed by atoms with Gasteiger partial charge in [0.05, 0.1) is 5.39 Å². The minimum atomic E-state index is -0.382. The molecule has 2 aromatic rings. The van der Waals surface area contributed by atoms with E-state index in [9.17, 15) is 5.11 Å². The van der Waals surface area contributed by atoms with Gasteiger partial charge in [-0.3, -0.25) is 4.90 Å². The Bertz CT molecular complexity index is 680. The van der Waals surface area contributed by atoms with Crippen LogP contribution >= 0.6 is 0 Å². The molecule has 2 aliphatic heterocycles. The lowest BCUT2D eigenvalue weighted by molar-refractivity contribution is -0.0836. The normalized spacial score (nSPS) is 27.7. The number of piperidine rings is 2. The first-order chi connectivity index (χ1) is 11.2. The fourth-order valence-corrected chi connectivity index (χ4v) is 4.54. The van der Waals surface area contributed by atoms with Crippen molar-refractivity contribution < 1.29 is 5.11 Å². The summed E-state index contributed by atoms with van der Waals surface area (Å²) in [7, 11) is 0. The summed E-state index contributed by atoms with van der Waals surface area (Å²) in [6.45, 7) is 4.86. The Morgan fingerprint density at radius 1 is 1.22 bits per heavy atom. The fourth-order valence-electron chi connectivity index (χ4n) is 4.54. The van der Waals surface area contributed by atoms with E-state index in [1.807, 2.05) is 13.1 Å². The van der Waals surface area contributed by atoms with Crippen LogP contribution in [0, 0.1) is 0 Å². The number of nitrogens with zero attached hydrogens (tertiary/aromatic N) is 4. The first-order valence-electron chi connectivity index (χ1n) is 8.67. The molecule has 4 heterocycles. The molecule has 0 radical (unpaired) electrons. The molecule has 4 rings (SSSR count). The largest absolute Gasteiger partial charge is 0.379 e. The number of aliphatic hydroxyl groups is 1. The van der Waals surface area contributed by atoms with Crippen molar-refractivity contribution in [3.63, 3.8) is 0 Å². The van der Waals surface area contributed by atoms with E-state index in [2.05, 4.69) is 30.8 Å². The molecule has 2 fully saturated rings. The Morgan fingerprint density at radius 2 is 2.09 bits per heavy atom. The molecular weight excluding hydrogens is 290 g/mol. The van der Waals surface area contributed by atoms with Crippen LogP contribution < -0.4 is 4.90 Å². The molecule has 2 N–H and O–H groups in total. The summed E-state index contributed by atoms with van der Waals surface area (Å²) in [5.74, 6) is 1.02. The van der Waals surface area contributed by atoms with Gasteiger partial charge in [-0.2, -0.15) is 0 Å². The van der Waals surface area contributed by atoms with Gasteiger partial charge in [0.2, 0.25) is 0 Å². The molecule has 6 nitrogen and oxygen atoms in total. The summed E-state index contributed by atoms with van der Waals surface area (Å²) in [6, 6.07) is 2.05. The summed E-state index contributed by atoms with van der Waals surface area (Å²) in [5, 5.41) is 11.4. The zero-order valence-electron chi connectivity index (χ0n) is 13.7. The zero-order valence-corrected chi connectivity index (χ0v) is 13.7. The second-order valence-corrected chi connectivity index (χ2v) is 6.97. The van der Waals surface area contributed by atoms with Crippen LogP contribution in [0.25, 0.3) is 11.0 Å². The Kier molecular flexibility index (Phi) is 3.73. The van der Waals surface area contributed by atoms with Gasteiger partial charge >= 0.3 is 0 Å². The molecule has 1 spiro atoms. The standard InChI is InChI=1S/C17H25N5O/c1-13(23)22-10-3-2-6-17(22)7-4-9-21(11-17)16-14-5-8-18-15(14)19-12-20-16/h5,8,12-13,23H,2-4,6-7,9-11H2,1H3,(H,18,19,20). The highest BCUT2D eigenvalue weighted by atomic mass is 16.3. The van der Waals surface area contributed by atoms with Crippen LogP contribution in [0.2, 0.25) is 0 Å². The number of aromatic nitrogens is 3. The van der Waals surface area contributed by atoms with Gasteiger partial charge in [0.25, 0.3) is 0 Å². The fraction of sp³-hybridized carbons (Fsp3) is 0.647. The predicted octanol–water partition coefficient (Wildman–Crippen LogP) is 2.12. The van der Waals surface area contributed by atoms with E-state index in [4.69, 9.17) is 0 Å². The van der Waals surface area contributed by atoms with Crippen LogP contribution in [0.4, 0.5) is 5.82 Å². The number of aromatic amines is 1. The third-order valence-corrected chi connectivity index (χ3v) is 5.54. The monoisotopic (exact) mass is 315 g/mol. The first kappa shape index (κ1) is 14.9. The molecule has 2 aliphatic rings. The second kappa shape index (κ2) is 5.76. The molecule has 0 aromatic carbocycles. The number of aliphatic hydroxyl groups excluding tert-OH is 1. The van der Waals surface area contributed by atoms with Gasteiger partial charge in [-0.05, 0) is 38.7 Å². The average molecular weight is 315 g/mol. The number of H-pyrrole nitrogens is 1. The van der Waals surface area contributed by atoms with Crippen molar-refractivity contribution in [3.05, 3.63) is 18.6 Å². The summed E-state index contributed by atoms with van der Waals surface area (Å²) >= 11 is 0. The van der Waals surface area contributed by atoms with Gasteiger partial charge in [0.1, 0.15) is 24.0 Å². The van der Waals surface area contributed by atoms with Crippen molar-refractivity contribution in [1.29, 1.82) is 0 Å². The van der Waals surface area contributed by atoms with Crippen LogP contribution in [0.3, 0.4) is 0 Å². The maximum absolute atomic E-state index is 10.3. The van der Waals surface area contributed by atoms with Crippen molar-refractivity contribution in [2.24, 2.45) is 0 Å². The third-order valence-electron chi connectivity index (χ3n) is 5.54. The molecule has 2 saturated heterocycles. The number of anilines is 1. The van der Waals surface area contributed by atoms with E-state index < -0.39 is 0 Å². The van der Waals surface area contributed by atoms with E-state index in [0.717, 1.165) is 55.7 Å². The minimum absolute atomic E-state index is 0.0816. The molecule has 2 atom stereocenters. The third kappa shape index (κ3) is 2.50. The smallest absolute Gasteiger partial charge is 0.142 e. The lowest BCUT2D eigenvalue weighted by Gasteiger charge is -2.53. The average Bonchev–Trinajstić information content (AvgIpc) is 3.03. The number of rotatable bonds is 2. The van der Waals surface area contributed by atoms with Crippen LogP contribution in [0.1, 0.15) is 39.0 Å². The van der Waals surface area contributed by atoms with Gasteiger partial charge in [0, 0.05) is 31.4 Å². The maximum atomic E-state index is 10.3. The number of fused-ring (bicyclic) bond motifs is 1. The van der Waals surface area contributed by atoms with Crippen LogP contribution in [-0.2, 0) is 0 Å². The van der Waals surface area contributed by atoms with Crippen molar-refractivity contribution in [2.45, 2.75) is 50.8 Å². The van der Waals surface area contributed by atoms with Gasteiger partial charge in [-0.15, -0.1) is 0 Å². The van der Waals surface area contributed by atoms with Crippen LogP contribution in [0.15, 0.2) is 18.6 Å². The summed E-state index contributed by atoms with van der Waals surface area (Å²) in [6.07, 6.45) is 9.08. The van der Waals surface area contributed by atoms with Crippen molar-refractivity contribution in [1.82, 2.24) is 19.9 Å².